The third kappa shape index (κ3) is 2.04. The lowest BCUT2D eigenvalue weighted by Crippen LogP contribution is -2.27. The van der Waals surface area contributed by atoms with E-state index in [0.29, 0.717) is 11.5 Å². The molecule has 0 aliphatic rings. The molecule has 2 aromatic heterocycles. The lowest BCUT2D eigenvalue weighted by Gasteiger charge is -2.09. The standard InChI is InChI=1S/C9H11N5O/c1-6(8-11-5-12-14-8)13-9(15)7-3-2-4-10-7/h2-6,10H,1H3,(H,13,15)(H,11,12,14). The highest BCUT2D eigenvalue weighted by Gasteiger charge is 2.13. The Labute approximate surface area is 86.1 Å². The molecule has 6 nitrogen and oxygen atoms in total. The molecule has 0 spiro atoms. The predicted octanol–water partition coefficient (Wildman–Crippen LogP) is 0.624. The number of rotatable bonds is 3. The Hall–Kier alpha value is -2.11. The van der Waals surface area contributed by atoms with E-state index in [2.05, 4.69) is 25.5 Å². The van der Waals surface area contributed by atoms with Gasteiger partial charge in [0.25, 0.3) is 5.91 Å². The van der Waals surface area contributed by atoms with Gasteiger partial charge in [0.1, 0.15) is 17.8 Å². The molecule has 3 N–H and O–H groups in total. The molecule has 0 saturated carbocycles. The van der Waals surface area contributed by atoms with Gasteiger partial charge in [-0.2, -0.15) is 5.10 Å². The summed E-state index contributed by atoms with van der Waals surface area (Å²) in [6.07, 6.45) is 3.11. The SMILES string of the molecule is CC(NC(=O)c1ccc[nH]1)c1ncn[nH]1. The molecule has 1 atom stereocenters. The van der Waals surface area contributed by atoms with E-state index >= 15 is 0 Å². The minimum atomic E-state index is -0.191. The van der Waals surface area contributed by atoms with Crippen molar-refractivity contribution in [3.05, 3.63) is 36.2 Å². The van der Waals surface area contributed by atoms with Gasteiger partial charge in [-0.1, -0.05) is 0 Å². The third-order valence-corrected chi connectivity index (χ3v) is 2.03. The van der Waals surface area contributed by atoms with Gasteiger partial charge >= 0.3 is 0 Å². The molecule has 0 fully saturated rings. The van der Waals surface area contributed by atoms with Gasteiger partial charge in [0, 0.05) is 6.20 Å². The molecule has 6 heteroatoms. The smallest absolute Gasteiger partial charge is 0.268 e. The summed E-state index contributed by atoms with van der Waals surface area (Å²) in [7, 11) is 0. The molecule has 0 saturated heterocycles. The van der Waals surface area contributed by atoms with E-state index < -0.39 is 0 Å². The van der Waals surface area contributed by atoms with Gasteiger partial charge in [-0.15, -0.1) is 0 Å². The second-order valence-electron chi connectivity index (χ2n) is 3.15. The van der Waals surface area contributed by atoms with E-state index in [-0.39, 0.29) is 11.9 Å². The van der Waals surface area contributed by atoms with E-state index in [9.17, 15) is 4.79 Å². The number of hydrogen-bond acceptors (Lipinski definition) is 3. The van der Waals surface area contributed by atoms with Crippen LogP contribution in [-0.2, 0) is 0 Å². The minimum absolute atomic E-state index is 0.163. The van der Waals surface area contributed by atoms with E-state index in [1.807, 2.05) is 6.92 Å². The Bertz CT molecular complexity index is 419. The van der Waals surface area contributed by atoms with Crippen molar-refractivity contribution in [2.75, 3.05) is 0 Å². The largest absolute Gasteiger partial charge is 0.357 e. The minimum Gasteiger partial charge on any atom is -0.357 e. The van der Waals surface area contributed by atoms with Gasteiger partial charge in [0.05, 0.1) is 6.04 Å². The van der Waals surface area contributed by atoms with Crippen LogP contribution in [0.3, 0.4) is 0 Å². The number of carbonyl (C=O) groups is 1. The second kappa shape index (κ2) is 3.95. The molecular formula is C9H11N5O. The van der Waals surface area contributed by atoms with Crippen molar-refractivity contribution in [1.82, 2.24) is 25.5 Å². The molecule has 0 radical (unpaired) electrons. The number of carbonyl (C=O) groups excluding carboxylic acids is 1. The Balaban J connectivity index is 2.01. The Morgan fingerprint density at radius 2 is 2.47 bits per heavy atom. The first kappa shape index (κ1) is 9.45. The Morgan fingerprint density at radius 1 is 1.60 bits per heavy atom. The maximum atomic E-state index is 11.6. The van der Waals surface area contributed by atoms with Crippen LogP contribution in [0, 0.1) is 0 Å². The van der Waals surface area contributed by atoms with Gasteiger partial charge in [-0.25, -0.2) is 4.98 Å². The van der Waals surface area contributed by atoms with Crippen LogP contribution < -0.4 is 5.32 Å². The summed E-state index contributed by atoms with van der Waals surface area (Å²) in [5.74, 6) is 0.471. The molecule has 78 valence electrons. The molecular weight excluding hydrogens is 194 g/mol. The average molecular weight is 205 g/mol. The first-order chi connectivity index (χ1) is 7.27. The fourth-order valence-electron chi connectivity index (χ4n) is 1.24. The van der Waals surface area contributed by atoms with Crippen LogP contribution >= 0.6 is 0 Å². The molecule has 2 rings (SSSR count). The zero-order chi connectivity index (χ0) is 10.7. The number of aromatic amines is 2. The van der Waals surface area contributed by atoms with Crippen LogP contribution in [0.1, 0.15) is 29.3 Å². The van der Waals surface area contributed by atoms with E-state index in [1.54, 1.807) is 18.3 Å². The molecule has 0 aliphatic carbocycles. The van der Waals surface area contributed by atoms with Crippen LogP contribution in [0.4, 0.5) is 0 Å². The summed E-state index contributed by atoms with van der Waals surface area (Å²) in [5, 5.41) is 9.20. The summed E-state index contributed by atoms with van der Waals surface area (Å²) in [5.41, 5.74) is 0.529. The van der Waals surface area contributed by atoms with Crippen molar-refractivity contribution in [3.63, 3.8) is 0 Å². The van der Waals surface area contributed by atoms with E-state index in [0.717, 1.165) is 0 Å². The van der Waals surface area contributed by atoms with Gasteiger partial charge in [-0.05, 0) is 19.1 Å². The van der Waals surface area contributed by atoms with Gasteiger partial charge in [0.2, 0.25) is 0 Å². The number of hydrogen-bond donors (Lipinski definition) is 3. The van der Waals surface area contributed by atoms with Gasteiger partial charge < -0.3 is 10.3 Å². The van der Waals surface area contributed by atoms with E-state index in [1.165, 1.54) is 6.33 Å². The summed E-state index contributed by atoms with van der Waals surface area (Å²) < 4.78 is 0. The molecule has 1 amide bonds. The van der Waals surface area contributed by atoms with Crippen molar-refractivity contribution in [2.24, 2.45) is 0 Å². The number of amides is 1. The quantitative estimate of drug-likeness (QED) is 0.686. The number of H-pyrrole nitrogens is 2. The molecule has 0 aromatic carbocycles. The van der Waals surface area contributed by atoms with Crippen molar-refractivity contribution < 1.29 is 4.79 Å². The number of aromatic nitrogens is 4. The zero-order valence-electron chi connectivity index (χ0n) is 8.19. The number of nitrogens with one attached hydrogen (secondary N) is 3. The Morgan fingerprint density at radius 3 is 3.07 bits per heavy atom. The van der Waals surface area contributed by atoms with Crippen molar-refractivity contribution in [1.29, 1.82) is 0 Å². The summed E-state index contributed by atoms with van der Waals surface area (Å²) >= 11 is 0. The monoisotopic (exact) mass is 205 g/mol. The third-order valence-electron chi connectivity index (χ3n) is 2.03. The highest BCUT2D eigenvalue weighted by atomic mass is 16.1. The Kier molecular flexibility index (Phi) is 2.49. The lowest BCUT2D eigenvalue weighted by molar-refractivity contribution is 0.0934. The maximum absolute atomic E-state index is 11.6. The van der Waals surface area contributed by atoms with Crippen LogP contribution in [0.25, 0.3) is 0 Å². The van der Waals surface area contributed by atoms with Crippen molar-refractivity contribution >= 4 is 5.91 Å². The summed E-state index contributed by atoms with van der Waals surface area (Å²) in [4.78, 5) is 18.4. The summed E-state index contributed by atoms with van der Waals surface area (Å²) in [6.45, 7) is 1.83. The first-order valence-corrected chi connectivity index (χ1v) is 4.57. The van der Waals surface area contributed by atoms with Crippen molar-refractivity contribution in [2.45, 2.75) is 13.0 Å². The second-order valence-corrected chi connectivity index (χ2v) is 3.15. The predicted molar refractivity (Wildman–Crippen MR) is 53.1 cm³/mol. The van der Waals surface area contributed by atoms with Gasteiger partial charge in [0.15, 0.2) is 0 Å². The zero-order valence-corrected chi connectivity index (χ0v) is 8.19. The normalized spacial score (nSPS) is 12.3. The molecule has 2 heterocycles. The van der Waals surface area contributed by atoms with Crippen LogP contribution in [0.5, 0.6) is 0 Å². The fourth-order valence-corrected chi connectivity index (χ4v) is 1.24. The lowest BCUT2D eigenvalue weighted by atomic mass is 10.3. The average Bonchev–Trinajstić information content (AvgIpc) is 2.91. The molecule has 0 aliphatic heterocycles. The molecule has 15 heavy (non-hydrogen) atoms. The molecule has 2 aromatic rings. The van der Waals surface area contributed by atoms with Crippen LogP contribution in [-0.4, -0.2) is 26.1 Å². The molecule has 0 bridgehead atoms. The fraction of sp³-hybridized carbons (Fsp3) is 0.222. The first-order valence-electron chi connectivity index (χ1n) is 4.57. The molecule has 1 unspecified atom stereocenters. The van der Waals surface area contributed by atoms with Gasteiger partial charge in [-0.3, -0.25) is 9.89 Å². The van der Waals surface area contributed by atoms with Crippen LogP contribution in [0.2, 0.25) is 0 Å². The highest BCUT2D eigenvalue weighted by Crippen LogP contribution is 2.05. The summed E-state index contributed by atoms with van der Waals surface area (Å²) in [6, 6.07) is 3.29. The highest BCUT2D eigenvalue weighted by molar-refractivity contribution is 5.92. The van der Waals surface area contributed by atoms with E-state index in [4.69, 9.17) is 0 Å². The number of nitrogens with zero attached hydrogens (tertiary/aromatic N) is 2. The topological polar surface area (TPSA) is 86.5 Å². The van der Waals surface area contributed by atoms with Crippen molar-refractivity contribution in [3.8, 4) is 0 Å². The maximum Gasteiger partial charge on any atom is 0.268 e. The van der Waals surface area contributed by atoms with Crippen LogP contribution in [0.15, 0.2) is 24.7 Å².